The minimum absolute atomic E-state index is 0.0575. The molecule has 0 saturated heterocycles. The zero-order valence-corrected chi connectivity index (χ0v) is 26.6. The van der Waals surface area contributed by atoms with Gasteiger partial charge in [0.2, 0.25) is 0 Å². The van der Waals surface area contributed by atoms with E-state index in [9.17, 15) is 9.59 Å². The van der Waals surface area contributed by atoms with Gasteiger partial charge in [-0.2, -0.15) is 0 Å². The van der Waals surface area contributed by atoms with E-state index in [2.05, 4.69) is 47.7 Å². The van der Waals surface area contributed by atoms with Crippen LogP contribution in [0.15, 0.2) is 81.8 Å². The number of benzene rings is 1. The number of nitrogens with one attached hydrogen (secondary N) is 1. The van der Waals surface area contributed by atoms with E-state index in [0.717, 1.165) is 22.0 Å². The predicted octanol–water partition coefficient (Wildman–Crippen LogP) is -1.89. The SMILES string of the molecule is B=C(/C(B)=C(B)\C(B)=C(\B)C)n1c([C@H](C)NC(=O)c2c(N)nn3cccnc23)cc2cccc(C#Cc3cnn(C)c3)c2c1=O. The van der Waals surface area contributed by atoms with Gasteiger partial charge in [0.15, 0.2) is 0 Å². The number of nitrogens with zero attached hydrogens (tertiary/aromatic N) is 6. The van der Waals surface area contributed by atoms with E-state index in [0.29, 0.717) is 33.3 Å². The fourth-order valence-corrected chi connectivity index (χ4v) is 5.21. The van der Waals surface area contributed by atoms with E-state index in [1.54, 1.807) is 33.9 Å². The molecule has 218 valence electrons. The number of allylic oxidation sites excluding steroid dienone is 4. The molecule has 0 fully saturated rings. The monoisotopic (exact) mass is 590 g/mol. The van der Waals surface area contributed by atoms with Crippen LogP contribution in [0.3, 0.4) is 0 Å². The fourth-order valence-electron chi connectivity index (χ4n) is 5.21. The maximum absolute atomic E-state index is 14.5. The van der Waals surface area contributed by atoms with E-state index in [-0.39, 0.29) is 16.9 Å². The molecule has 15 heteroatoms. The number of pyridine rings is 1. The molecule has 4 aromatic heterocycles. The second kappa shape index (κ2) is 12.4. The molecule has 0 spiro atoms. The molecule has 1 aromatic carbocycles. The van der Waals surface area contributed by atoms with Crippen molar-refractivity contribution in [3.05, 3.63) is 110 Å². The normalized spacial score (nSPS) is 13.0. The van der Waals surface area contributed by atoms with Gasteiger partial charge >= 0.3 is 266 Å². The van der Waals surface area contributed by atoms with Crippen LogP contribution in [-0.4, -0.2) is 79.3 Å². The Bertz CT molecular complexity index is 2210. The summed E-state index contributed by atoms with van der Waals surface area (Å²) in [6, 6.07) is 8.52. The number of carbonyl (C=O) groups excluding carboxylic acids is 1. The molecule has 5 aromatic rings. The third-order valence-electron chi connectivity index (χ3n) is 8.14. The van der Waals surface area contributed by atoms with Crippen LogP contribution in [0, 0.1) is 11.8 Å². The second-order valence-electron chi connectivity index (χ2n) is 11.3. The molecule has 0 radical (unpaired) electrons. The van der Waals surface area contributed by atoms with E-state index >= 15 is 0 Å². The van der Waals surface area contributed by atoms with Gasteiger partial charge in [-0.15, -0.1) is 0 Å². The molecular formula is C30H31B5N8O2. The molecule has 1 atom stereocenters. The Labute approximate surface area is 265 Å². The third-order valence-corrected chi connectivity index (χ3v) is 8.14. The molecule has 0 aliphatic heterocycles. The summed E-state index contributed by atoms with van der Waals surface area (Å²) in [5, 5.41) is 12.6. The van der Waals surface area contributed by atoms with Crippen molar-refractivity contribution in [3.8, 4) is 11.8 Å². The van der Waals surface area contributed by atoms with Crippen molar-refractivity contribution < 1.29 is 4.79 Å². The van der Waals surface area contributed by atoms with E-state index in [1.165, 1.54) is 9.99 Å². The van der Waals surface area contributed by atoms with Crippen LogP contribution in [0.4, 0.5) is 5.82 Å². The Morgan fingerprint density at radius 1 is 1.11 bits per heavy atom. The number of carbonyl (C=O) groups is 1. The van der Waals surface area contributed by atoms with Crippen molar-refractivity contribution in [2.75, 3.05) is 5.73 Å². The summed E-state index contributed by atoms with van der Waals surface area (Å²) in [4.78, 5) is 32.4. The Morgan fingerprint density at radius 3 is 2.56 bits per heavy atom. The van der Waals surface area contributed by atoms with Crippen LogP contribution in [0.25, 0.3) is 16.4 Å². The van der Waals surface area contributed by atoms with Crippen LogP contribution in [0.2, 0.25) is 0 Å². The first kappa shape index (κ1) is 31.2. The molecular weight excluding hydrogens is 558 g/mol. The standard InChI is InChI=1S/C30H31B5N8O2/c1-15(31)23(32)24(33)25(34)26(35)43-20(16(2)39-29(44)22-27(36)40-42-11-5-10-37-28(22)42)12-19-7-4-6-18(21(19)30(43)45)9-8-17-13-38-41(3)14-17/h4-7,10-14,16,35H,31-34H2,1-3H3,(H2,36,40)(H,39,44)/b23-15-,25-24-/t16-/m0/s1. The molecule has 10 nitrogen and oxygen atoms in total. The van der Waals surface area contributed by atoms with E-state index in [4.69, 9.17) is 5.73 Å². The average molecular weight is 590 g/mol. The number of hydrogen-bond donors (Lipinski definition) is 2. The number of rotatable bonds is 6. The zero-order valence-electron chi connectivity index (χ0n) is 26.6. The van der Waals surface area contributed by atoms with Crippen LogP contribution in [0.5, 0.6) is 0 Å². The number of nitrogens with two attached hydrogens (primary N) is 1. The minimum atomic E-state index is -0.632. The number of aryl methyl sites for hydroxylation is 1. The number of fused-ring (bicyclic) bond motifs is 2. The van der Waals surface area contributed by atoms with E-state index in [1.807, 2.05) is 74.9 Å². The summed E-state index contributed by atoms with van der Waals surface area (Å²) in [6.07, 6.45) is 6.73. The molecule has 45 heavy (non-hydrogen) atoms. The Hall–Kier alpha value is -5.24. The quantitative estimate of drug-likeness (QED) is 0.136. The van der Waals surface area contributed by atoms with Crippen LogP contribution < -0.4 is 16.6 Å². The van der Waals surface area contributed by atoms with Crippen LogP contribution >= 0.6 is 0 Å². The molecule has 0 bridgehead atoms. The van der Waals surface area contributed by atoms with Gasteiger partial charge in [0.05, 0.1) is 0 Å². The maximum atomic E-state index is 14.5. The first-order valence-electron chi connectivity index (χ1n) is 14.5. The summed E-state index contributed by atoms with van der Waals surface area (Å²) >= 11 is 0. The fraction of sp³-hybridized carbons (Fsp3) is 0.133. The first-order chi connectivity index (χ1) is 21.4. The van der Waals surface area contributed by atoms with Crippen LogP contribution in [0.1, 0.15) is 47.1 Å². The van der Waals surface area contributed by atoms with Crippen LogP contribution in [-0.2, 0) is 7.05 Å². The van der Waals surface area contributed by atoms with Gasteiger partial charge < -0.3 is 0 Å². The van der Waals surface area contributed by atoms with Gasteiger partial charge in [-0.1, -0.05) is 0 Å². The van der Waals surface area contributed by atoms with Gasteiger partial charge in [0.1, 0.15) is 0 Å². The summed E-state index contributed by atoms with van der Waals surface area (Å²) in [7, 11) is 14.3. The molecule has 5 rings (SSSR count). The predicted molar refractivity (Wildman–Crippen MR) is 192 cm³/mol. The molecule has 0 aliphatic rings. The van der Waals surface area contributed by atoms with Gasteiger partial charge in [0.25, 0.3) is 0 Å². The molecule has 4 heterocycles. The van der Waals surface area contributed by atoms with Crippen molar-refractivity contribution in [1.82, 2.24) is 34.3 Å². The molecule has 1 amide bonds. The van der Waals surface area contributed by atoms with Gasteiger partial charge in [0, 0.05) is 0 Å². The molecule has 3 N–H and O–H groups in total. The van der Waals surface area contributed by atoms with Crippen molar-refractivity contribution in [1.29, 1.82) is 0 Å². The van der Waals surface area contributed by atoms with Crippen molar-refractivity contribution >= 4 is 72.6 Å². The van der Waals surface area contributed by atoms with Crippen molar-refractivity contribution in [2.24, 2.45) is 7.05 Å². The molecule has 0 aliphatic carbocycles. The van der Waals surface area contributed by atoms with E-state index < -0.39 is 11.9 Å². The summed E-state index contributed by atoms with van der Waals surface area (Å²) in [5.41, 5.74) is 12.9. The third kappa shape index (κ3) is 5.96. The first-order valence-corrected chi connectivity index (χ1v) is 14.5. The summed E-state index contributed by atoms with van der Waals surface area (Å²) in [6.45, 7) is 3.87. The Kier molecular flexibility index (Phi) is 8.60. The van der Waals surface area contributed by atoms with Crippen molar-refractivity contribution in [3.63, 3.8) is 0 Å². The number of hydrogen-bond acceptors (Lipinski definition) is 6. The number of anilines is 1. The van der Waals surface area contributed by atoms with Gasteiger partial charge in [-0.25, -0.2) is 0 Å². The topological polar surface area (TPSA) is 125 Å². The molecule has 0 unspecified atom stereocenters. The van der Waals surface area contributed by atoms with Gasteiger partial charge in [-0.05, 0) is 0 Å². The Balaban J connectivity index is 1.69. The number of nitrogen functional groups attached to an aromatic ring is 1. The number of amides is 1. The number of aromatic nitrogens is 6. The Morgan fingerprint density at radius 2 is 1.87 bits per heavy atom. The van der Waals surface area contributed by atoms with Crippen molar-refractivity contribution in [2.45, 2.75) is 19.9 Å². The van der Waals surface area contributed by atoms with Gasteiger partial charge in [-0.3, -0.25) is 0 Å². The summed E-state index contributed by atoms with van der Waals surface area (Å²) in [5.74, 6) is 5.88. The average Bonchev–Trinajstić information content (AvgIpc) is 3.59. The zero-order chi connectivity index (χ0) is 32.6. The molecule has 0 saturated carbocycles. The second-order valence-corrected chi connectivity index (χ2v) is 11.3. The summed E-state index contributed by atoms with van der Waals surface area (Å²) < 4.78 is 4.71.